The summed E-state index contributed by atoms with van der Waals surface area (Å²) in [6.07, 6.45) is 3.59. The average Bonchev–Trinajstić information content (AvgIpc) is 2.29. The zero-order valence-electron chi connectivity index (χ0n) is 9.69. The summed E-state index contributed by atoms with van der Waals surface area (Å²) in [5.41, 5.74) is 1.40. The van der Waals surface area contributed by atoms with E-state index in [0.29, 0.717) is 11.5 Å². The Labute approximate surface area is 95.1 Å². The summed E-state index contributed by atoms with van der Waals surface area (Å²) in [5, 5.41) is 0. The third-order valence-electron chi connectivity index (χ3n) is 2.96. The quantitative estimate of drug-likeness (QED) is 0.714. The molecule has 86 valence electrons. The van der Waals surface area contributed by atoms with Crippen LogP contribution >= 0.6 is 0 Å². The molecule has 0 bridgehead atoms. The second-order valence-electron chi connectivity index (χ2n) is 4.17. The lowest BCUT2D eigenvalue weighted by Crippen LogP contribution is -2.17. The van der Waals surface area contributed by atoms with Gasteiger partial charge in [0.1, 0.15) is 5.82 Å². The summed E-state index contributed by atoms with van der Waals surface area (Å²) in [7, 11) is 0. The van der Waals surface area contributed by atoms with Crippen molar-refractivity contribution in [3.63, 3.8) is 0 Å². The minimum absolute atomic E-state index is 0.0241. The van der Waals surface area contributed by atoms with Gasteiger partial charge in [0.2, 0.25) is 0 Å². The van der Waals surface area contributed by atoms with Crippen molar-refractivity contribution in [2.45, 2.75) is 32.6 Å². The first-order chi connectivity index (χ1) is 7.68. The zero-order chi connectivity index (χ0) is 11.5. The molecule has 2 heterocycles. The smallest absolute Gasteiger partial charge is 0.163 e. The van der Waals surface area contributed by atoms with E-state index in [-0.39, 0.29) is 5.78 Å². The minimum atomic E-state index is 0.0241. The van der Waals surface area contributed by atoms with Crippen LogP contribution in [0, 0.1) is 6.92 Å². The molecule has 1 aliphatic heterocycles. The van der Waals surface area contributed by atoms with Gasteiger partial charge in [0.05, 0.1) is 11.3 Å². The molecule has 0 N–H and O–H groups in total. The van der Waals surface area contributed by atoms with Crippen molar-refractivity contribution in [3.05, 3.63) is 23.3 Å². The number of Topliss-reactive ketones (excluding diaryl/α,β-unsaturated/α-hetero) is 1. The fourth-order valence-corrected chi connectivity index (χ4v) is 1.98. The first-order valence-corrected chi connectivity index (χ1v) is 5.60. The molecule has 0 radical (unpaired) electrons. The van der Waals surface area contributed by atoms with Crippen molar-refractivity contribution < 1.29 is 9.53 Å². The van der Waals surface area contributed by atoms with Gasteiger partial charge in [-0.2, -0.15) is 0 Å². The molecular formula is C12H16N2O2. The Morgan fingerprint density at radius 1 is 1.44 bits per heavy atom. The second-order valence-corrected chi connectivity index (χ2v) is 4.17. The second kappa shape index (κ2) is 4.70. The van der Waals surface area contributed by atoms with E-state index in [1.807, 2.05) is 6.92 Å². The lowest BCUT2D eigenvalue weighted by Gasteiger charge is -2.21. The fraction of sp³-hybridized carbons (Fsp3) is 0.583. The van der Waals surface area contributed by atoms with E-state index in [9.17, 15) is 4.79 Å². The molecule has 1 aromatic rings. The monoisotopic (exact) mass is 220 g/mol. The Balaban J connectivity index is 2.23. The third-order valence-corrected chi connectivity index (χ3v) is 2.96. The molecule has 1 aliphatic rings. The number of nitrogens with zero attached hydrogens (tertiary/aromatic N) is 2. The summed E-state index contributed by atoms with van der Waals surface area (Å²) in [5.74, 6) is 1.26. The Morgan fingerprint density at radius 2 is 2.12 bits per heavy atom. The highest BCUT2D eigenvalue weighted by atomic mass is 16.5. The van der Waals surface area contributed by atoms with Gasteiger partial charge >= 0.3 is 0 Å². The van der Waals surface area contributed by atoms with Gasteiger partial charge in [-0.3, -0.25) is 4.79 Å². The fourth-order valence-electron chi connectivity index (χ4n) is 1.98. The summed E-state index contributed by atoms with van der Waals surface area (Å²) < 4.78 is 5.30. The molecule has 0 saturated carbocycles. The predicted octanol–water partition coefficient (Wildman–Crippen LogP) is 1.88. The standard InChI is InChI=1S/C12H16N2O2/c1-8-11(9(2)15)7-13-12(14-8)10-3-5-16-6-4-10/h7,10H,3-6H2,1-2H3. The third kappa shape index (κ3) is 2.27. The van der Waals surface area contributed by atoms with Crippen LogP contribution in [0.1, 0.15) is 47.6 Å². The van der Waals surface area contributed by atoms with E-state index in [1.165, 1.54) is 0 Å². The van der Waals surface area contributed by atoms with Gasteiger partial charge in [-0.1, -0.05) is 0 Å². The molecule has 1 aromatic heterocycles. The first kappa shape index (κ1) is 11.2. The SMILES string of the molecule is CC(=O)c1cnc(C2CCOCC2)nc1C. The lowest BCUT2D eigenvalue weighted by atomic mass is 9.99. The highest BCUT2D eigenvalue weighted by Gasteiger charge is 2.19. The van der Waals surface area contributed by atoms with Crippen molar-refractivity contribution in [3.8, 4) is 0 Å². The minimum Gasteiger partial charge on any atom is -0.381 e. The van der Waals surface area contributed by atoms with Crippen LogP contribution in [-0.2, 0) is 4.74 Å². The van der Waals surface area contributed by atoms with Crippen LogP contribution in [0.2, 0.25) is 0 Å². The van der Waals surface area contributed by atoms with Gasteiger partial charge < -0.3 is 4.74 Å². The molecule has 4 heteroatoms. The molecule has 2 rings (SSSR count). The van der Waals surface area contributed by atoms with Crippen LogP contribution in [0.15, 0.2) is 6.20 Å². The van der Waals surface area contributed by atoms with Crippen molar-refractivity contribution >= 4 is 5.78 Å². The van der Waals surface area contributed by atoms with Crippen LogP contribution in [0.4, 0.5) is 0 Å². The van der Waals surface area contributed by atoms with E-state index in [4.69, 9.17) is 4.74 Å². The van der Waals surface area contributed by atoms with E-state index < -0.39 is 0 Å². The molecule has 1 saturated heterocycles. The molecule has 0 atom stereocenters. The Bertz CT molecular complexity index is 398. The van der Waals surface area contributed by atoms with Gasteiger partial charge in [-0.05, 0) is 26.7 Å². The number of hydrogen-bond acceptors (Lipinski definition) is 4. The number of carbonyl (C=O) groups excluding carboxylic acids is 1. The van der Waals surface area contributed by atoms with E-state index in [1.54, 1.807) is 13.1 Å². The normalized spacial score (nSPS) is 17.4. The van der Waals surface area contributed by atoms with Gasteiger partial charge in [0.15, 0.2) is 5.78 Å². The summed E-state index contributed by atoms with van der Waals surface area (Å²) in [6, 6.07) is 0. The molecular weight excluding hydrogens is 204 g/mol. The van der Waals surface area contributed by atoms with Crippen LogP contribution < -0.4 is 0 Å². The van der Waals surface area contributed by atoms with Crippen molar-refractivity contribution in [1.82, 2.24) is 9.97 Å². The largest absolute Gasteiger partial charge is 0.381 e. The van der Waals surface area contributed by atoms with Gasteiger partial charge in [0, 0.05) is 25.3 Å². The van der Waals surface area contributed by atoms with Crippen LogP contribution in [-0.4, -0.2) is 29.0 Å². The van der Waals surface area contributed by atoms with E-state index in [2.05, 4.69) is 9.97 Å². The zero-order valence-corrected chi connectivity index (χ0v) is 9.69. The summed E-state index contributed by atoms with van der Waals surface area (Å²) >= 11 is 0. The lowest BCUT2D eigenvalue weighted by molar-refractivity contribution is 0.0834. The van der Waals surface area contributed by atoms with Crippen LogP contribution in [0.5, 0.6) is 0 Å². The molecule has 4 nitrogen and oxygen atoms in total. The number of ether oxygens (including phenoxy) is 1. The number of rotatable bonds is 2. The maximum Gasteiger partial charge on any atom is 0.163 e. The molecule has 0 aromatic carbocycles. The van der Waals surface area contributed by atoms with Gasteiger partial charge in [0.25, 0.3) is 0 Å². The van der Waals surface area contributed by atoms with Crippen LogP contribution in [0.3, 0.4) is 0 Å². The van der Waals surface area contributed by atoms with Gasteiger partial charge in [-0.25, -0.2) is 9.97 Å². The number of ketones is 1. The topological polar surface area (TPSA) is 52.1 Å². The maximum absolute atomic E-state index is 11.3. The van der Waals surface area contributed by atoms with E-state index in [0.717, 1.165) is 37.6 Å². The summed E-state index contributed by atoms with van der Waals surface area (Å²) in [4.78, 5) is 20.0. The number of aryl methyl sites for hydroxylation is 1. The molecule has 1 fully saturated rings. The average molecular weight is 220 g/mol. The number of hydrogen-bond donors (Lipinski definition) is 0. The molecule has 16 heavy (non-hydrogen) atoms. The molecule has 0 aliphatic carbocycles. The maximum atomic E-state index is 11.3. The Kier molecular flexibility index (Phi) is 3.29. The van der Waals surface area contributed by atoms with E-state index >= 15 is 0 Å². The van der Waals surface area contributed by atoms with Crippen molar-refractivity contribution in [2.24, 2.45) is 0 Å². The predicted molar refractivity (Wildman–Crippen MR) is 59.6 cm³/mol. The number of aromatic nitrogens is 2. The van der Waals surface area contributed by atoms with Crippen LogP contribution in [0.25, 0.3) is 0 Å². The Morgan fingerprint density at radius 3 is 2.69 bits per heavy atom. The van der Waals surface area contributed by atoms with Crippen molar-refractivity contribution in [2.75, 3.05) is 13.2 Å². The number of carbonyl (C=O) groups is 1. The van der Waals surface area contributed by atoms with Gasteiger partial charge in [-0.15, -0.1) is 0 Å². The molecule has 0 unspecified atom stereocenters. The van der Waals surface area contributed by atoms with Crippen molar-refractivity contribution in [1.29, 1.82) is 0 Å². The molecule has 0 spiro atoms. The summed E-state index contributed by atoms with van der Waals surface area (Å²) in [6.45, 7) is 4.96. The molecule has 0 amide bonds. The highest BCUT2D eigenvalue weighted by Crippen LogP contribution is 2.24. The highest BCUT2D eigenvalue weighted by molar-refractivity contribution is 5.94. The first-order valence-electron chi connectivity index (χ1n) is 5.60. The Hall–Kier alpha value is -1.29.